The molecule has 0 radical (unpaired) electrons. The first kappa shape index (κ1) is 21.3. The highest BCUT2D eigenvalue weighted by molar-refractivity contribution is 7.89. The number of hydrogen-bond donors (Lipinski definition) is 1. The number of sulfonamides is 1. The van der Waals surface area contributed by atoms with E-state index in [-0.39, 0.29) is 11.9 Å². The van der Waals surface area contributed by atoms with Crippen LogP contribution in [0, 0.1) is 18.8 Å². The zero-order valence-electron chi connectivity index (χ0n) is 17.2. The van der Waals surface area contributed by atoms with Crippen LogP contribution < -0.4 is 5.32 Å². The maximum Gasteiger partial charge on any atom is 0.243 e. The maximum absolute atomic E-state index is 12.8. The van der Waals surface area contributed by atoms with Gasteiger partial charge in [0.15, 0.2) is 0 Å². The highest BCUT2D eigenvalue weighted by Crippen LogP contribution is 2.29. The second kappa shape index (κ2) is 8.93. The van der Waals surface area contributed by atoms with Crippen molar-refractivity contribution in [3.05, 3.63) is 29.8 Å². The number of hydrogen-bond acceptors (Lipinski definition) is 4. The standard InChI is InChI=1S/C21H33N3O3S/c1-16-7-9-19(10-8-16)28(26,27)24-13-11-23(12-14-24)15-21(25)22-20-6-4-5-17(2)18(20)3/h7-10,17-18,20H,4-6,11-15H2,1-3H3,(H,22,25). The Bertz CT molecular complexity index is 771. The molecule has 1 aliphatic carbocycles. The van der Waals surface area contributed by atoms with Crippen LogP contribution in [-0.4, -0.2) is 62.3 Å². The second-order valence-corrected chi connectivity index (χ2v) is 10.4. The largest absolute Gasteiger partial charge is 0.352 e. The summed E-state index contributed by atoms with van der Waals surface area (Å²) >= 11 is 0. The molecule has 1 aliphatic heterocycles. The topological polar surface area (TPSA) is 69.7 Å². The summed E-state index contributed by atoms with van der Waals surface area (Å²) in [5.41, 5.74) is 1.04. The van der Waals surface area contributed by atoms with Crippen LogP contribution in [0.3, 0.4) is 0 Å². The first-order valence-corrected chi connectivity index (χ1v) is 11.8. The molecule has 7 heteroatoms. The van der Waals surface area contributed by atoms with E-state index in [9.17, 15) is 13.2 Å². The molecule has 3 rings (SSSR count). The van der Waals surface area contributed by atoms with Crippen LogP contribution in [0.2, 0.25) is 0 Å². The van der Waals surface area contributed by atoms with Crippen molar-refractivity contribution in [1.82, 2.24) is 14.5 Å². The Balaban J connectivity index is 1.50. The van der Waals surface area contributed by atoms with Gasteiger partial charge in [-0.15, -0.1) is 0 Å². The third-order valence-corrected chi connectivity index (χ3v) is 8.32. The Morgan fingerprint density at radius 1 is 1.07 bits per heavy atom. The summed E-state index contributed by atoms with van der Waals surface area (Å²) in [5.74, 6) is 1.21. The predicted octanol–water partition coefficient (Wildman–Crippen LogP) is 2.24. The van der Waals surface area contributed by atoms with E-state index in [1.165, 1.54) is 17.1 Å². The van der Waals surface area contributed by atoms with E-state index >= 15 is 0 Å². The van der Waals surface area contributed by atoms with Crippen LogP contribution in [0.4, 0.5) is 0 Å². The van der Waals surface area contributed by atoms with E-state index in [1.807, 2.05) is 24.0 Å². The van der Waals surface area contributed by atoms with Gasteiger partial charge in [-0.25, -0.2) is 8.42 Å². The summed E-state index contributed by atoms with van der Waals surface area (Å²) in [6.45, 7) is 8.76. The molecule has 2 aliphatic rings. The number of piperazine rings is 1. The van der Waals surface area contributed by atoms with Gasteiger partial charge in [0.05, 0.1) is 11.4 Å². The van der Waals surface area contributed by atoms with Gasteiger partial charge < -0.3 is 5.32 Å². The molecule has 1 aromatic carbocycles. The Kier molecular flexibility index (Phi) is 6.78. The van der Waals surface area contributed by atoms with Crippen molar-refractivity contribution in [2.75, 3.05) is 32.7 Å². The molecule has 1 heterocycles. The van der Waals surface area contributed by atoms with Crippen LogP contribution in [0.25, 0.3) is 0 Å². The summed E-state index contributed by atoms with van der Waals surface area (Å²) in [6, 6.07) is 7.23. The lowest BCUT2D eigenvalue weighted by Crippen LogP contribution is -2.52. The van der Waals surface area contributed by atoms with Gasteiger partial charge in [0.1, 0.15) is 0 Å². The van der Waals surface area contributed by atoms with Crippen LogP contribution in [-0.2, 0) is 14.8 Å². The molecule has 6 nitrogen and oxygen atoms in total. The highest BCUT2D eigenvalue weighted by atomic mass is 32.2. The Morgan fingerprint density at radius 2 is 1.71 bits per heavy atom. The van der Waals surface area contributed by atoms with Crippen molar-refractivity contribution in [1.29, 1.82) is 0 Å². The number of carbonyl (C=O) groups excluding carboxylic acids is 1. The van der Waals surface area contributed by atoms with Gasteiger partial charge in [-0.05, 0) is 37.3 Å². The normalized spacial score (nSPS) is 27.5. The minimum absolute atomic E-state index is 0.0563. The van der Waals surface area contributed by atoms with Crippen molar-refractivity contribution >= 4 is 15.9 Å². The molecule has 0 bridgehead atoms. The van der Waals surface area contributed by atoms with E-state index < -0.39 is 10.0 Å². The number of benzene rings is 1. The van der Waals surface area contributed by atoms with E-state index in [0.29, 0.717) is 49.5 Å². The lowest BCUT2D eigenvalue weighted by atomic mass is 9.78. The van der Waals surface area contributed by atoms with E-state index in [0.717, 1.165) is 12.0 Å². The minimum atomic E-state index is -3.46. The number of carbonyl (C=O) groups is 1. The van der Waals surface area contributed by atoms with Crippen molar-refractivity contribution in [2.45, 2.75) is 51.0 Å². The molecular formula is C21H33N3O3S. The van der Waals surface area contributed by atoms with Crippen LogP contribution in [0.15, 0.2) is 29.2 Å². The lowest BCUT2D eigenvalue weighted by molar-refractivity contribution is -0.124. The molecular weight excluding hydrogens is 374 g/mol. The fourth-order valence-corrected chi connectivity index (χ4v) is 5.65. The summed E-state index contributed by atoms with van der Waals surface area (Å²) < 4.78 is 27.1. The van der Waals surface area contributed by atoms with Gasteiger partial charge in [-0.3, -0.25) is 9.69 Å². The number of amides is 1. The third-order valence-electron chi connectivity index (χ3n) is 6.41. The molecule has 0 spiro atoms. The quantitative estimate of drug-likeness (QED) is 0.813. The van der Waals surface area contributed by atoms with Gasteiger partial charge in [0.2, 0.25) is 15.9 Å². The van der Waals surface area contributed by atoms with Crippen molar-refractivity contribution in [3.63, 3.8) is 0 Å². The highest BCUT2D eigenvalue weighted by Gasteiger charge is 2.31. The Morgan fingerprint density at radius 3 is 2.36 bits per heavy atom. The molecule has 3 atom stereocenters. The van der Waals surface area contributed by atoms with E-state index in [1.54, 1.807) is 12.1 Å². The fourth-order valence-electron chi connectivity index (χ4n) is 4.23. The van der Waals surface area contributed by atoms with Crippen LogP contribution in [0.1, 0.15) is 38.7 Å². The first-order chi connectivity index (χ1) is 13.3. The zero-order valence-corrected chi connectivity index (χ0v) is 18.0. The third kappa shape index (κ3) is 4.93. The molecule has 28 heavy (non-hydrogen) atoms. The van der Waals surface area contributed by atoms with Gasteiger partial charge in [-0.2, -0.15) is 4.31 Å². The van der Waals surface area contributed by atoms with Gasteiger partial charge >= 0.3 is 0 Å². The fraction of sp³-hybridized carbons (Fsp3) is 0.667. The summed E-state index contributed by atoms with van der Waals surface area (Å²) in [4.78, 5) is 14.9. The van der Waals surface area contributed by atoms with Gasteiger partial charge in [0.25, 0.3) is 0 Å². The van der Waals surface area contributed by atoms with Gasteiger partial charge in [-0.1, -0.05) is 44.4 Å². The second-order valence-electron chi connectivity index (χ2n) is 8.43. The van der Waals surface area contributed by atoms with Gasteiger partial charge in [0, 0.05) is 32.2 Å². The predicted molar refractivity (Wildman–Crippen MR) is 110 cm³/mol. The van der Waals surface area contributed by atoms with Crippen LogP contribution in [0.5, 0.6) is 0 Å². The monoisotopic (exact) mass is 407 g/mol. The molecule has 1 aromatic rings. The molecule has 1 amide bonds. The number of aryl methyl sites for hydroxylation is 1. The Labute approximate surface area is 169 Å². The maximum atomic E-state index is 12.8. The average molecular weight is 408 g/mol. The number of rotatable bonds is 5. The van der Waals surface area contributed by atoms with E-state index in [2.05, 4.69) is 19.2 Å². The Hall–Kier alpha value is -1.44. The SMILES string of the molecule is Cc1ccc(S(=O)(=O)N2CCN(CC(=O)NC3CCCC(C)C3C)CC2)cc1. The number of nitrogens with one attached hydrogen (secondary N) is 1. The first-order valence-electron chi connectivity index (χ1n) is 10.4. The zero-order chi connectivity index (χ0) is 20.3. The van der Waals surface area contributed by atoms with Crippen LogP contribution >= 0.6 is 0 Å². The van der Waals surface area contributed by atoms with Crippen molar-refractivity contribution in [3.8, 4) is 0 Å². The molecule has 0 aromatic heterocycles. The molecule has 156 valence electrons. The molecule has 1 saturated heterocycles. The number of nitrogens with zero attached hydrogens (tertiary/aromatic N) is 2. The summed E-state index contributed by atoms with van der Waals surface area (Å²) in [7, 11) is -3.46. The summed E-state index contributed by atoms with van der Waals surface area (Å²) in [5, 5.41) is 3.21. The van der Waals surface area contributed by atoms with Crippen molar-refractivity contribution in [2.24, 2.45) is 11.8 Å². The molecule has 1 N–H and O–H groups in total. The van der Waals surface area contributed by atoms with Crippen molar-refractivity contribution < 1.29 is 13.2 Å². The molecule has 1 saturated carbocycles. The molecule has 2 fully saturated rings. The van der Waals surface area contributed by atoms with E-state index in [4.69, 9.17) is 0 Å². The minimum Gasteiger partial charge on any atom is -0.352 e. The molecule has 3 unspecified atom stereocenters. The lowest BCUT2D eigenvalue weighted by Gasteiger charge is -2.36. The average Bonchev–Trinajstić information content (AvgIpc) is 2.66. The summed E-state index contributed by atoms with van der Waals surface area (Å²) in [6.07, 6.45) is 3.47. The smallest absolute Gasteiger partial charge is 0.243 e.